The van der Waals surface area contributed by atoms with E-state index in [-0.39, 0.29) is 5.41 Å². The zero-order valence-corrected chi connectivity index (χ0v) is 17.8. The van der Waals surface area contributed by atoms with Gasteiger partial charge in [0.2, 0.25) is 0 Å². The van der Waals surface area contributed by atoms with E-state index in [4.69, 9.17) is 14.2 Å². The maximum atomic E-state index is 10.5. The minimum Gasteiger partial charge on any atom is -0.457 e. The third-order valence-corrected chi connectivity index (χ3v) is 5.45. The molecule has 6 heteroatoms. The fourth-order valence-electron chi connectivity index (χ4n) is 3.83. The lowest BCUT2D eigenvalue weighted by Gasteiger charge is -2.39. The molecular weight excluding hydrogens is 380 g/mol. The molecule has 0 saturated carbocycles. The van der Waals surface area contributed by atoms with Gasteiger partial charge in [0, 0.05) is 30.4 Å². The molecule has 0 aliphatic carbocycles. The molecule has 1 saturated heterocycles. The maximum Gasteiger partial charge on any atom is 0.199 e. The predicted molar refractivity (Wildman–Crippen MR) is 113 cm³/mol. The van der Waals surface area contributed by atoms with Gasteiger partial charge in [-0.1, -0.05) is 32.9 Å². The number of ether oxygens (including phenoxy) is 3. The van der Waals surface area contributed by atoms with Gasteiger partial charge in [0.1, 0.15) is 23.4 Å². The van der Waals surface area contributed by atoms with Crippen LogP contribution in [0.2, 0.25) is 0 Å². The molecular formula is C24H28N2O4. The number of rotatable bonds is 5. The van der Waals surface area contributed by atoms with Crippen molar-refractivity contribution >= 4 is 0 Å². The van der Waals surface area contributed by atoms with Crippen LogP contribution in [0, 0.1) is 5.41 Å². The van der Waals surface area contributed by atoms with E-state index in [0.717, 1.165) is 16.9 Å². The van der Waals surface area contributed by atoms with Gasteiger partial charge in [-0.15, -0.1) is 0 Å². The third-order valence-electron chi connectivity index (χ3n) is 5.45. The Hall–Kier alpha value is -2.67. The topological polar surface area (TPSA) is 65.7 Å². The van der Waals surface area contributed by atoms with Crippen LogP contribution in [0.15, 0.2) is 60.9 Å². The lowest BCUT2D eigenvalue weighted by atomic mass is 9.81. The summed E-state index contributed by atoms with van der Waals surface area (Å²) in [5, 5.41) is 10.5. The van der Waals surface area contributed by atoms with Crippen LogP contribution in [0.25, 0.3) is 0 Å². The van der Waals surface area contributed by atoms with Gasteiger partial charge in [-0.05, 0) is 42.0 Å². The fourth-order valence-corrected chi connectivity index (χ4v) is 3.83. The molecule has 0 unspecified atom stereocenters. The molecule has 2 heterocycles. The van der Waals surface area contributed by atoms with Crippen molar-refractivity contribution in [1.82, 2.24) is 9.55 Å². The van der Waals surface area contributed by atoms with Gasteiger partial charge in [-0.25, -0.2) is 4.98 Å². The van der Waals surface area contributed by atoms with Gasteiger partial charge >= 0.3 is 0 Å². The van der Waals surface area contributed by atoms with Gasteiger partial charge < -0.3 is 23.9 Å². The minimum absolute atomic E-state index is 0.199. The maximum absolute atomic E-state index is 10.5. The molecule has 0 radical (unpaired) electrons. The summed E-state index contributed by atoms with van der Waals surface area (Å²) in [7, 11) is 1.86. The molecule has 1 atom stereocenters. The van der Waals surface area contributed by atoms with Crippen LogP contribution in [0.4, 0.5) is 0 Å². The fraction of sp³-hybridized carbons (Fsp3) is 0.375. The van der Waals surface area contributed by atoms with Crippen molar-refractivity contribution in [1.29, 1.82) is 0 Å². The monoisotopic (exact) mass is 408 g/mol. The Kier molecular flexibility index (Phi) is 5.40. The van der Waals surface area contributed by atoms with E-state index >= 15 is 0 Å². The van der Waals surface area contributed by atoms with E-state index in [9.17, 15) is 5.11 Å². The number of aliphatic hydroxyl groups excluding tert-OH is 1. The normalized spacial score (nSPS) is 17.1. The van der Waals surface area contributed by atoms with Crippen molar-refractivity contribution in [3.05, 3.63) is 77.9 Å². The Morgan fingerprint density at radius 1 is 1.00 bits per heavy atom. The average Bonchev–Trinajstić information content (AvgIpc) is 3.38. The highest BCUT2D eigenvalue weighted by Crippen LogP contribution is 2.46. The molecule has 3 aromatic rings. The second-order valence-corrected chi connectivity index (χ2v) is 8.56. The zero-order valence-electron chi connectivity index (χ0n) is 17.8. The van der Waals surface area contributed by atoms with Crippen molar-refractivity contribution in [2.24, 2.45) is 12.5 Å². The number of aliphatic hydroxyl groups is 1. The second kappa shape index (κ2) is 7.87. The Bertz CT molecular complexity index is 981. The van der Waals surface area contributed by atoms with Crippen LogP contribution in [0.5, 0.6) is 11.5 Å². The molecule has 6 nitrogen and oxygen atoms in total. The highest BCUT2D eigenvalue weighted by molar-refractivity contribution is 5.37. The lowest BCUT2D eigenvalue weighted by molar-refractivity contribution is -0.232. The second-order valence-electron chi connectivity index (χ2n) is 8.56. The summed E-state index contributed by atoms with van der Waals surface area (Å²) in [6.07, 6.45) is 2.70. The highest BCUT2D eigenvalue weighted by atomic mass is 16.7. The van der Waals surface area contributed by atoms with Gasteiger partial charge in [-0.3, -0.25) is 0 Å². The molecule has 1 fully saturated rings. The van der Waals surface area contributed by atoms with E-state index in [0.29, 0.717) is 24.8 Å². The summed E-state index contributed by atoms with van der Waals surface area (Å²) in [5.74, 6) is 1.27. The summed E-state index contributed by atoms with van der Waals surface area (Å²) in [6, 6.07) is 15.2. The zero-order chi connectivity index (χ0) is 21.4. The first kappa shape index (κ1) is 20.6. The average molecular weight is 408 g/mol. The molecule has 4 rings (SSSR count). The number of hydrogen-bond donors (Lipinski definition) is 1. The molecule has 1 aliphatic rings. The van der Waals surface area contributed by atoms with E-state index < -0.39 is 11.9 Å². The van der Waals surface area contributed by atoms with Crippen LogP contribution < -0.4 is 4.74 Å². The summed E-state index contributed by atoms with van der Waals surface area (Å²) in [6.45, 7) is 7.52. The minimum atomic E-state index is -0.779. The van der Waals surface area contributed by atoms with Gasteiger partial charge in [-0.2, -0.15) is 0 Å². The standard InChI is InChI=1S/C24H28N2O4/c1-23(2,3)24(28-15-16-29-24)18-7-11-20(12-8-18)30-19-9-5-17(6-10-19)21(27)22-25-13-14-26(22)4/h5-14,21,27H,15-16H2,1-4H3/t21-/m1/s1. The molecule has 2 aromatic carbocycles. The first-order valence-corrected chi connectivity index (χ1v) is 10.1. The summed E-state index contributed by atoms with van der Waals surface area (Å²) >= 11 is 0. The van der Waals surface area contributed by atoms with Crippen LogP contribution in [-0.2, 0) is 22.3 Å². The first-order valence-electron chi connectivity index (χ1n) is 10.1. The van der Waals surface area contributed by atoms with Crippen molar-refractivity contribution in [3.8, 4) is 11.5 Å². The van der Waals surface area contributed by atoms with Crippen molar-refractivity contribution in [2.75, 3.05) is 13.2 Å². The SMILES string of the molecule is Cn1ccnc1[C@H](O)c1ccc(Oc2ccc(C3(C(C)(C)C)OCCO3)cc2)cc1. The molecule has 158 valence electrons. The number of imidazole rings is 1. The Morgan fingerprint density at radius 2 is 1.57 bits per heavy atom. The van der Waals surface area contributed by atoms with Gasteiger partial charge in [0.25, 0.3) is 0 Å². The molecule has 30 heavy (non-hydrogen) atoms. The first-order chi connectivity index (χ1) is 14.3. The lowest BCUT2D eigenvalue weighted by Crippen LogP contribution is -2.41. The largest absolute Gasteiger partial charge is 0.457 e. The third kappa shape index (κ3) is 3.74. The number of aromatic nitrogens is 2. The Balaban J connectivity index is 1.48. The number of hydrogen-bond acceptors (Lipinski definition) is 5. The van der Waals surface area contributed by atoms with Crippen molar-refractivity contribution < 1.29 is 19.3 Å². The molecule has 1 aliphatic heterocycles. The quantitative estimate of drug-likeness (QED) is 0.671. The van der Waals surface area contributed by atoms with E-state index in [1.807, 2.05) is 61.8 Å². The van der Waals surface area contributed by atoms with Crippen LogP contribution in [-0.4, -0.2) is 27.9 Å². The summed E-state index contributed by atoms with van der Waals surface area (Å²) in [5.41, 5.74) is 1.54. The Morgan fingerprint density at radius 3 is 2.07 bits per heavy atom. The van der Waals surface area contributed by atoms with E-state index in [1.54, 1.807) is 10.8 Å². The van der Waals surface area contributed by atoms with Gasteiger partial charge in [0.05, 0.1) is 13.2 Å². The number of aryl methyl sites for hydroxylation is 1. The summed E-state index contributed by atoms with van der Waals surface area (Å²) in [4.78, 5) is 4.21. The molecule has 1 aromatic heterocycles. The molecule has 1 N–H and O–H groups in total. The Labute approximate surface area is 177 Å². The molecule has 0 bridgehead atoms. The predicted octanol–water partition coefficient (Wildman–Crippen LogP) is 4.54. The van der Waals surface area contributed by atoms with E-state index in [1.165, 1.54) is 0 Å². The van der Waals surface area contributed by atoms with E-state index in [2.05, 4.69) is 25.8 Å². The van der Waals surface area contributed by atoms with Gasteiger partial charge in [0.15, 0.2) is 5.79 Å². The number of benzene rings is 2. The van der Waals surface area contributed by atoms with Crippen LogP contribution >= 0.6 is 0 Å². The van der Waals surface area contributed by atoms with Crippen molar-refractivity contribution in [2.45, 2.75) is 32.7 Å². The van der Waals surface area contributed by atoms with Crippen LogP contribution in [0.3, 0.4) is 0 Å². The number of nitrogens with zero attached hydrogens (tertiary/aromatic N) is 2. The molecule has 0 amide bonds. The smallest absolute Gasteiger partial charge is 0.199 e. The van der Waals surface area contributed by atoms with Crippen LogP contribution in [0.1, 0.15) is 43.8 Å². The van der Waals surface area contributed by atoms with Crippen molar-refractivity contribution in [3.63, 3.8) is 0 Å². The highest BCUT2D eigenvalue weighted by Gasteiger charge is 2.48. The molecule has 0 spiro atoms. The summed E-state index contributed by atoms with van der Waals surface area (Å²) < 4.78 is 19.8.